The van der Waals surface area contributed by atoms with Crippen molar-refractivity contribution in [1.29, 1.82) is 0 Å². The van der Waals surface area contributed by atoms with Crippen LogP contribution in [0, 0.1) is 0 Å². The number of rotatable bonds is 6. The van der Waals surface area contributed by atoms with E-state index in [2.05, 4.69) is 0 Å². The van der Waals surface area contributed by atoms with Gasteiger partial charge in [-0.1, -0.05) is 30.3 Å². The van der Waals surface area contributed by atoms with Crippen LogP contribution < -0.4 is 5.73 Å². The maximum absolute atomic E-state index is 11.9. The Labute approximate surface area is 97.1 Å². The molecule has 0 radical (unpaired) electrons. The minimum absolute atomic E-state index is 0.0505. The van der Waals surface area contributed by atoms with Gasteiger partial charge in [-0.25, -0.2) is 12.7 Å². The summed E-state index contributed by atoms with van der Waals surface area (Å²) in [5, 5.41) is 0. The van der Waals surface area contributed by atoms with Gasteiger partial charge in [0, 0.05) is 13.6 Å². The molecule has 1 rings (SSSR count). The van der Waals surface area contributed by atoms with Crippen molar-refractivity contribution in [2.45, 2.75) is 12.2 Å². The summed E-state index contributed by atoms with van der Waals surface area (Å²) >= 11 is 0. The van der Waals surface area contributed by atoms with Gasteiger partial charge in [-0.05, 0) is 18.5 Å². The third kappa shape index (κ3) is 3.92. The average molecular weight is 242 g/mol. The summed E-state index contributed by atoms with van der Waals surface area (Å²) in [6.07, 6.45) is 0.685. The van der Waals surface area contributed by atoms with Crippen LogP contribution in [0.25, 0.3) is 0 Å². The maximum atomic E-state index is 11.9. The third-order valence-corrected chi connectivity index (χ3v) is 4.17. The molecule has 0 spiro atoms. The van der Waals surface area contributed by atoms with E-state index in [1.807, 2.05) is 30.3 Å². The van der Waals surface area contributed by atoms with Crippen molar-refractivity contribution in [1.82, 2.24) is 4.31 Å². The van der Waals surface area contributed by atoms with Crippen LogP contribution in [0.1, 0.15) is 12.0 Å². The van der Waals surface area contributed by atoms with Gasteiger partial charge in [-0.3, -0.25) is 0 Å². The number of hydrogen-bond donors (Lipinski definition) is 1. The first kappa shape index (κ1) is 13.2. The highest BCUT2D eigenvalue weighted by molar-refractivity contribution is 7.88. The number of nitrogens with two attached hydrogens (primary N) is 1. The van der Waals surface area contributed by atoms with Crippen LogP contribution in [0.5, 0.6) is 0 Å². The molecule has 0 saturated carbocycles. The molecule has 4 nitrogen and oxygen atoms in total. The monoisotopic (exact) mass is 242 g/mol. The predicted octanol–water partition coefficient (Wildman–Crippen LogP) is 0.797. The van der Waals surface area contributed by atoms with Gasteiger partial charge < -0.3 is 5.73 Å². The van der Waals surface area contributed by atoms with Crippen molar-refractivity contribution in [3.63, 3.8) is 0 Å². The molecule has 16 heavy (non-hydrogen) atoms. The topological polar surface area (TPSA) is 63.4 Å². The second-order valence-corrected chi connectivity index (χ2v) is 5.78. The minimum Gasteiger partial charge on any atom is -0.330 e. The summed E-state index contributed by atoms with van der Waals surface area (Å²) in [5.74, 6) is 0.0505. The lowest BCUT2D eigenvalue weighted by molar-refractivity contribution is 0.463. The summed E-state index contributed by atoms with van der Waals surface area (Å²) < 4.78 is 25.1. The zero-order valence-corrected chi connectivity index (χ0v) is 10.3. The number of sulfonamides is 1. The van der Waals surface area contributed by atoms with Crippen LogP contribution in [0.2, 0.25) is 0 Å². The highest BCUT2D eigenvalue weighted by atomic mass is 32.2. The van der Waals surface area contributed by atoms with Gasteiger partial charge in [0.2, 0.25) is 10.0 Å². The summed E-state index contributed by atoms with van der Waals surface area (Å²) in [6, 6.07) is 9.17. The van der Waals surface area contributed by atoms with Crippen molar-refractivity contribution in [2.24, 2.45) is 5.73 Å². The molecule has 0 bridgehead atoms. The zero-order valence-electron chi connectivity index (χ0n) is 9.46. The smallest absolute Gasteiger partial charge is 0.218 e. The van der Waals surface area contributed by atoms with Crippen LogP contribution >= 0.6 is 0 Å². The first-order valence-electron chi connectivity index (χ1n) is 5.24. The van der Waals surface area contributed by atoms with E-state index in [4.69, 9.17) is 5.73 Å². The van der Waals surface area contributed by atoms with Crippen LogP contribution in [0.4, 0.5) is 0 Å². The molecular formula is C11H18N2O2S. The Morgan fingerprint density at radius 2 is 1.88 bits per heavy atom. The second-order valence-electron chi connectivity index (χ2n) is 3.71. The minimum atomic E-state index is -3.21. The maximum Gasteiger partial charge on any atom is 0.218 e. The van der Waals surface area contributed by atoms with Gasteiger partial charge >= 0.3 is 0 Å². The van der Waals surface area contributed by atoms with E-state index in [1.54, 1.807) is 7.05 Å². The quantitative estimate of drug-likeness (QED) is 0.802. The normalized spacial score (nSPS) is 11.9. The molecule has 1 aromatic rings. The van der Waals surface area contributed by atoms with Gasteiger partial charge in [0.1, 0.15) is 0 Å². The molecule has 0 unspecified atom stereocenters. The summed E-state index contributed by atoms with van der Waals surface area (Å²) in [5.41, 5.74) is 6.16. The Balaban J connectivity index is 2.65. The van der Waals surface area contributed by atoms with Gasteiger partial charge in [0.05, 0.1) is 5.75 Å². The molecule has 0 aliphatic carbocycles. The van der Waals surface area contributed by atoms with E-state index in [-0.39, 0.29) is 5.75 Å². The van der Waals surface area contributed by atoms with E-state index in [1.165, 1.54) is 4.31 Å². The highest BCUT2D eigenvalue weighted by Gasteiger charge is 2.17. The molecule has 0 heterocycles. The number of nitrogens with zero attached hydrogens (tertiary/aromatic N) is 1. The molecular weight excluding hydrogens is 224 g/mol. The van der Waals surface area contributed by atoms with E-state index in [0.29, 0.717) is 19.5 Å². The predicted molar refractivity (Wildman–Crippen MR) is 65.4 cm³/mol. The van der Waals surface area contributed by atoms with Crippen molar-refractivity contribution >= 4 is 10.0 Å². The summed E-state index contributed by atoms with van der Waals surface area (Å²) in [7, 11) is -1.62. The molecule has 0 aliphatic heterocycles. The van der Waals surface area contributed by atoms with Gasteiger partial charge in [-0.2, -0.15) is 0 Å². The molecule has 0 saturated heterocycles. The van der Waals surface area contributed by atoms with Crippen molar-refractivity contribution in [2.75, 3.05) is 20.1 Å². The number of benzene rings is 1. The number of hydrogen-bond acceptors (Lipinski definition) is 3. The summed E-state index contributed by atoms with van der Waals surface area (Å²) in [6.45, 7) is 0.983. The van der Waals surface area contributed by atoms with Crippen molar-refractivity contribution in [3.8, 4) is 0 Å². The molecule has 0 aromatic heterocycles. The molecule has 2 N–H and O–H groups in total. The highest BCUT2D eigenvalue weighted by Crippen LogP contribution is 2.09. The van der Waals surface area contributed by atoms with E-state index < -0.39 is 10.0 Å². The average Bonchev–Trinajstić information content (AvgIpc) is 2.26. The van der Waals surface area contributed by atoms with Crippen LogP contribution in [0.3, 0.4) is 0 Å². The van der Waals surface area contributed by atoms with Crippen LogP contribution in [0.15, 0.2) is 30.3 Å². The molecule has 1 aromatic carbocycles. The molecule has 0 aliphatic rings. The first-order chi connectivity index (χ1) is 7.56. The fourth-order valence-corrected chi connectivity index (χ4v) is 2.59. The Bertz CT molecular complexity index is 403. The molecule has 0 atom stereocenters. The van der Waals surface area contributed by atoms with Gasteiger partial charge in [0.15, 0.2) is 0 Å². The Kier molecular flexibility index (Phi) is 4.92. The lowest BCUT2D eigenvalue weighted by Gasteiger charge is -2.16. The largest absolute Gasteiger partial charge is 0.330 e. The molecule has 90 valence electrons. The van der Waals surface area contributed by atoms with Gasteiger partial charge in [0.25, 0.3) is 0 Å². The fourth-order valence-electron chi connectivity index (χ4n) is 1.35. The lowest BCUT2D eigenvalue weighted by Crippen LogP contribution is -2.30. The van der Waals surface area contributed by atoms with E-state index in [0.717, 1.165) is 5.56 Å². The van der Waals surface area contributed by atoms with E-state index in [9.17, 15) is 8.42 Å². The Hall–Kier alpha value is -0.910. The Morgan fingerprint density at radius 3 is 2.44 bits per heavy atom. The van der Waals surface area contributed by atoms with Gasteiger partial charge in [-0.15, -0.1) is 0 Å². The van der Waals surface area contributed by atoms with E-state index >= 15 is 0 Å². The van der Waals surface area contributed by atoms with Crippen molar-refractivity contribution in [3.05, 3.63) is 35.9 Å². The first-order valence-corrected chi connectivity index (χ1v) is 6.85. The molecule has 0 amide bonds. The summed E-state index contributed by atoms with van der Waals surface area (Å²) in [4.78, 5) is 0. The standard InChI is InChI=1S/C11H18N2O2S/c1-13(9-5-8-12)16(14,15)10-11-6-3-2-4-7-11/h2-4,6-7H,5,8-10,12H2,1H3. The van der Waals surface area contributed by atoms with Crippen molar-refractivity contribution < 1.29 is 8.42 Å². The molecule has 5 heteroatoms. The fraction of sp³-hybridized carbons (Fsp3) is 0.455. The molecule has 0 fully saturated rings. The Morgan fingerprint density at radius 1 is 1.25 bits per heavy atom. The second kappa shape index (κ2) is 5.98. The zero-order chi connectivity index (χ0) is 12.0. The SMILES string of the molecule is CN(CCCN)S(=O)(=O)Cc1ccccc1. The van der Waals surface area contributed by atoms with Crippen LogP contribution in [-0.4, -0.2) is 32.9 Å². The lowest BCUT2D eigenvalue weighted by atomic mass is 10.2. The third-order valence-electron chi connectivity index (χ3n) is 2.34. The van der Waals surface area contributed by atoms with Crippen LogP contribution in [-0.2, 0) is 15.8 Å².